The van der Waals surface area contributed by atoms with Crippen LogP contribution in [0.2, 0.25) is 0 Å². The minimum atomic E-state index is -0.904. The van der Waals surface area contributed by atoms with Crippen molar-refractivity contribution < 1.29 is 14.7 Å². The SMILES string of the molecule is CC(CS)C(=O)N1CC(Cc2cccs2)C[C@H]1C(=O)O. The highest BCUT2D eigenvalue weighted by molar-refractivity contribution is 7.80. The zero-order chi connectivity index (χ0) is 14.7. The molecule has 1 N–H and O–H groups in total. The lowest BCUT2D eigenvalue weighted by Gasteiger charge is -2.24. The number of aliphatic carboxylic acids is 1. The van der Waals surface area contributed by atoms with E-state index in [9.17, 15) is 14.7 Å². The summed E-state index contributed by atoms with van der Waals surface area (Å²) in [6.45, 7) is 2.33. The molecule has 3 atom stereocenters. The van der Waals surface area contributed by atoms with Crippen LogP contribution < -0.4 is 0 Å². The van der Waals surface area contributed by atoms with Crippen LogP contribution in [0.25, 0.3) is 0 Å². The Morgan fingerprint density at radius 3 is 2.90 bits per heavy atom. The summed E-state index contributed by atoms with van der Waals surface area (Å²) in [5, 5.41) is 11.3. The zero-order valence-corrected chi connectivity index (χ0v) is 13.1. The van der Waals surface area contributed by atoms with Crippen molar-refractivity contribution >= 4 is 35.8 Å². The molecule has 110 valence electrons. The zero-order valence-electron chi connectivity index (χ0n) is 11.4. The normalized spacial score (nSPS) is 23.8. The Balaban J connectivity index is 2.07. The van der Waals surface area contributed by atoms with E-state index < -0.39 is 12.0 Å². The molecule has 6 heteroatoms. The Morgan fingerprint density at radius 2 is 2.35 bits per heavy atom. The molecular formula is C14H19NO3S2. The van der Waals surface area contributed by atoms with Crippen molar-refractivity contribution in [3.8, 4) is 0 Å². The molecule has 0 spiro atoms. The van der Waals surface area contributed by atoms with E-state index >= 15 is 0 Å². The largest absolute Gasteiger partial charge is 0.480 e. The maximum absolute atomic E-state index is 12.3. The van der Waals surface area contributed by atoms with Crippen molar-refractivity contribution in [1.29, 1.82) is 0 Å². The van der Waals surface area contributed by atoms with E-state index in [0.29, 0.717) is 18.7 Å². The van der Waals surface area contributed by atoms with Gasteiger partial charge in [0.2, 0.25) is 5.91 Å². The lowest BCUT2D eigenvalue weighted by molar-refractivity contribution is -0.149. The Morgan fingerprint density at radius 1 is 1.60 bits per heavy atom. The smallest absolute Gasteiger partial charge is 0.326 e. The van der Waals surface area contributed by atoms with Gasteiger partial charge in [0.25, 0.3) is 0 Å². The van der Waals surface area contributed by atoms with Gasteiger partial charge in [0.05, 0.1) is 0 Å². The van der Waals surface area contributed by atoms with Gasteiger partial charge in [-0.1, -0.05) is 13.0 Å². The molecule has 0 radical (unpaired) electrons. The van der Waals surface area contributed by atoms with Crippen LogP contribution in [-0.4, -0.2) is 40.2 Å². The molecule has 1 fully saturated rings. The fraction of sp³-hybridized carbons (Fsp3) is 0.571. The second-order valence-electron chi connectivity index (χ2n) is 5.31. The molecule has 0 saturated carbocycles. The first-order valence-electron chi connectivity index (χ1n) is 6.69. The van der Waals surface area contributed by atoms with Gasteiger partial charge in [-0.25, -0.2) is 4.79 Å². The van der Waals surface area contributed by atoms with Crippen LogP contribution in [0.4, 0.5) is 0 Å². The van der Waals surface area contributed by atoms with Gasteiger partial charge >= 0.3 is 5.97 Å². The molecule has 20 heavy (non-hydrogen) atoms. The maximum Gasteiger partial charge on any atom is 0.326 e. The predicted molar refractivity (Wildman–Crippen MR) is 82.3 cm³/mol. The van der Waals surface area contributed by atoms with Gasteiger partial charge < -0.3 is 10.0 Å². The Bertz CT molecular complexity index is 475. The number of rotatable bonds is 5. The van der Waals surface area contributed by atoms with E-state index in [1.807, 2.05) is 11.4 Å². The average Bonchev–Trinajstić information content (AvgIpc) is 3.06. The molecule has 1 aliphatic heterocycles. The first-order chi connectivity index (χ1) is 9.52. The van der Waals surface area contributed by atoms with Crippen LogP contribution in [0, 0.1) is 11.8 Å². The molecule has 2 heterocycles. The topological polar surface area (TPSA) is 57.6 Å². The third-order valence-electron chi connectivity index (χ3n) is 3.72. The van der Waals surface area contributed by atoms with Crippen molar-refractivity contribution in [1.82, 2.24) is 4.90 Å². The number of carboxylic acid groups (broad SMARTS) is 1. The summed E-state index contributed by atoms with van der Waals surface area (Å²) in [7, 11) is 0. The highest BCUT2D eigenvalue weighted by Gasteiger charge is 2.40. The summed E-state index contributed by atoms with van der Waals surface area (Å²) in [4.78, 5) is 26.4. The lowest BCUT2D eigenvalue weighted by atomic mass is 10.0. The van der Waals surface area contributed by atoms with Crippen molar-refractivity contribution in [2.75, 3.05) is 12.3 Å². The van der Waals surface area contributed by atoms with E-state index in [4.69, 9.17) is 0 Å². The van der Waals surface area contributed by atoms with Crippen molar-refractivity contribution in [2.45, 2.75) is 25.8 Å². The Kier molecular flexibility index (Phi) is 5.10. The molecule has 2 unspecified atom stereocenters. The number of likely N-dealkylation sites (tertiary alicyclic amines) is 1. The number of thiol groups is 1. The van der Waals surface area contributed by atoms with E-state index in [-0.39, 0.29) is 17.7 Å². The van der Waals surface area contributed by atoms with Crippen molar-refractivity contribution in [2.24, 2.45) is 11.8 Å². The summed E-state index contributed by atoms with van der Waals surface area (Å²) < 4.78 is 0. The first-order valence-corrected chi connectivity index (χ1v) is 8.20. The maximum atomic E-state index is 12.3. The van der Waals surface area contributed by atoms with Gasteiger partial charge in [0.1, 0.15) is 6.04 Å². The molecule has 1 saturated heterocycles. The Hall–Kier alpha value is -1.01. The monoisotopic (exact) mass is 313 g/mol. The van der Waals surface area contributed by atoms with Gasteiger partial charge in [-0.05, 0) is 30.2 Å². The molecule has 1 aromatic rings. The van der Waals surface area contributed by atoms with E-state index in [0.717, 1.165) is 6.42 Å². The van der Waals surface area contributed by atoms with Crippen LogP contribution in [0.15, 0.2) is 17.5 Å². The Labute approximate surface area is 128 Å². The van der Waals surface area contributed by atoms with E-state index in [1.54, 1.807) is 18.3 Å². The highest BCUT2D eigenvalue weighted by atomic mass is 32.1. The number of hydrogen-bond acceptors (Lipinski definition) is 4. The minimum absolute atomic E-state index is 0.0962. The van der Waals surface area contributed by atoms with Crippen LogP contribution in [0.5, 0.6) is 0 Å². The number of carboxylic acids is 1. The quantitative estimate of drug-likeness (QED) is 0.819. The minimum Gasteiger partial charge on any atom is -0.480 e. The number of carbonyl (C=O) groups excluding carboxylic acids is 1. The first kappa shape index (κ1) is 15.4. The van der Waals surface area contributed by atoms with Crippen molar-refractivity contribution in [3.63, 3.8) is 0 Å². The molecule has 0 aliphatic carbocycles. The standard InChI is InChI=1S/C14H19NO3S2/c1-9(8-19)13(16)15-7-10(6-12(15)14(17)18)5-11-3-2-4-20-11/h2-4,9-10,12,19H,5-8H2,1H3,(H,17,18)/t9?,10?,12-/m0/s1. The number of thiophene rings is 1. The highest BCUT2D eigenvalue weighted by Crippen LogP contribution is 2.29. The summed E-state index contributed by atoms with van der Waals surface area (Å²) in [6.07, 6.45) is 1.39. The average molecular weight is 313 g/mol. The molecule has 1 aromatic heterocycles. The lowest BCUT2D eigenvalue weighted by Crippen LogP contribution is -2.43. The second kappa shape index (κ2) is 6.63. The summed E-state index contributed by atoms with van der Waals surface area (Å²) in [6, 6.07) is 3.37. The van der Waals surface area contributed by atoms with Gasteiger partial charge in [0, 0.05) is 23.1 Å². The fourth-order valence-electron chi connectivity index (χ4n) is 2.62. The predicted octanol–water partition coefficient (Wildman–Crippen LogP) is 2.16. The molecule has 1 amide bonds. The third-order valence-corrected chi connectivity index (χ3v) is 5.17. The molecule has 4 nitrogen and oxygen atoms in total. The third kappa shape index (κ3) is 3.35. The molecule has 0 aromatic carbocycles. The van der Waals surface area contributed by atoms with Crippen LogP contribution in [0.3, 0.4) is 0 Å². The number of hydrogen-bond donors (Lipinski definition) is 2. The molecule has 2 rings (SSSR count). The molecule has 0 bridgehead atoms. The van der Waals surface area contributed by atoms with E-state index in [2.05, 4.69) is 18.7 Å². The van der Waals surface area contributed by atoms with Crippen LogP contribution in [-0.2, 0) is 16.0 Å². The summed E-state index contributed by atoms with van der Waals surface area (Å²) in [5.41, 5.74) is 0. The number of amides is 1. The van der Waals surface area contributed by atoms with Gasteiger partial charge in [-0.3, -0.25) is 4.79 Å². The van der Waals surface area contributed by atoms with Gasteiger partial charge in [0.15, 0.2) is 0 Å². The number of nitrogens with zero attached hydrogens (tertiary/aromatic N) is 1. The summed E-state index contributed by atoms with van der Waals surface area (Å²) >= 11 is 5.81. The number of carbonyl (C=O) groups is 2. The molecule has 1 aliphatic rings. The molecular weight excluding hydrogens is 294 g/mol. The van der Waals surface area contributed by atoms with Crippen LogP contribution >= 0.6 is 24.0 Å². The van der Waals surface area contributed by atoms with Crippen molar-refractivity contribution in [3.05, 3.63) is 22.4 Å². The fourth-order valence-corrected chi connectivity index (χ4v) is 3.60. The second-order valence-corrected chi connectivity index (χ2v) is 6.71. The van der Waals surface area contributed by atoms with Gasteiger partial charge in [-0.15, -0.1) is 11.3 Å². The van der Waals surface area contributed by atoms with Gasteiger partial charge in [-0.2, -0.15) is 12.6 Å². The van der Waals surface area contributed by atoms with Crippen LogP contribution in [0.1, 0.15) is 18.2 Å². The van der Waals surface area contributed by atoms with E-state index in [1.165, 1.54) is 9.78 Å². The summed E-state index contributed by atoms with van der Waals surface area (Å²) in [5.74, 6) is -0.567.